The molecule has 0 aliphatic carbocycles. The Kier molecular flexibility index (Phi) is 4.60. The first-order valence-electron chi connectivity index (χ1n) is 6.90. The number of nitrogens with one attached hydrogen (secondary N) is 2. The maximum atomic E-state index is 5.87. The fourth-order valence-corrected chi connectivity index (χ4v) is 2.51. The van der Waals surface area contributed by atoms with Crippen LogP contribution in [0.5, 0.6) is 5.88 Å². The van der Waals surface area contributed by atoms with Crippen molar-refractivity contribution in [2.75, 3.05) is 4.72 Å². The molecule has 1 aromatic carbocycles. The van der Waals surface area contributed by atoms with Crippen molar-refractivity contribution in [3.05, 3.63) is 59.9 Å². The molecule has 0 unspecified atom stereocenters. The molecule has 22 heavy (non-hydrogen) atoms. The monoisotopic (exact) mass is 312 g/mol. The van der Waals surface area contributed by atoms with Crippen molar-refractivity contribution >= 4 is 28.7 Å². The van der Waals surface area contributed by atoms with E-state index in [-0.39, 0.29) is 0 Å². The summed E-state index contributed by atoms with van der Waals surface area (Å²) in [4.78, 5) is 11.6. The van der Waals surface area contributed by atoms with Crippen molar-refractivity contribution < 1.29 is 4.74 Å². The summed E-state index contributed by atoms with van der Waals surface area (Å²) >= 11 is 1.49. The first-order chi connectivity index (χ1) is 10.9. The van der Waals surface area contributed by atoms with E-state index in [1.54, 1.807) is 0 Å². The molecule has 3 rings (SSSR count). The van der Waals surface area contributed by atoms with Crippen LogP contribution in [0.3, 0.4) is 0 Å². The maximum absolute atomic E-state index is 5.87. The van der Waals surface area contributed by atoms with Crippen LogP contribution in [0.15, 0.2) is 54.3 Å². The van der Waals surface area contributed by atoms with E-state index in [1.165, 1.54) is 18.3 Å². The lowest BCUT2D eigenvalue weighted by Gasteiger charge is -2.07. The Morgan fingerprint density at radius 3 is 2.95 bits per heavy atom. The van der Waals surface area contributed by atoms with Gasteiger partial charge in [-0.05, 0) is 29.8 Å². The predicted molar refractivity (Wildman–Crippen MR) is 90.7 cm³/mol. The van der Waals surface area contributed by atoms with Gasteiger partial charge in [0, 0.05) is 6.20 Å². The number of hydrogen-bond acceptors (Lipinski definition) is 5. The highest BCUT2D eigenvalue weighted by Crippen LogP contribution is 2.31. The van der Waals surface area contributed by atoms with Gasteiger partial charge in [-0.2, -0.15) is 0 Å². The van der Waals surface area contributed by atoms with E-state index in [0.29, 0.717) is 12.5 Å². The Labute approximate surface area is 133 Å². The topological polar surface area (TPSA) is 62.8 Å². The third-order valence-corrected chi connectivity index (χ3v) is 3.77. The molecule has 2 heterocycles. The number of H-pyrrole nitrogens is 1. The van der Waals surface area contributed by atoms with Crippen LogP contribution in [-0.2, 0) is 6.61 Å². The van der Waals surface area contributed by atoms with E-state index in [9.17, 15) is 0 Å². The van der Waals surface area contributed by atoms with E-state index < -0.39 is 0 Å². The molecule has 112 valence electrons. The van der Waals surface area contributed by atoms with Crippen LogP contribution >= 0.6 is 11.9 Å². The molecule has 2 aromatic heterocycles. The van der Waals surface area contributed by atoms with Gasteiger partial charge in [-0.15, -0.1) is 0 Å². The second kappa shape index (κ2) is 7.00. The lowest BCUT2D eigenvalue weighted by molar-refractivity contribution is 0.298. The van der Waals surface area contributed by atoms with E-state index in [2.05, 4.69) is 19.7 Å². The molecule has 0 radical (unpaired) electrons. The largest absolute Gasteiger partial charge is 0.472 e. The van der Waals surface area contributed by atoms with Crippen molar-refractivity contribution in [3.8, 4) is 5.88 Å². The van der Waals surface area contributed by atoms with Crippen molar-refractivity contribution in [2.45, 2.75) is 13.5 Å². The molecule has 2 N–H and O–H groups in total. The molecule has 0 fully saturated rings. The summed E-state index contributed by atoms with van der Waals surface area (Å²) in [5.74, 6) is 0.568. The lowest BCUT2D eigenvalue weighted by atomic mass is 10.2. The van der Waals surface area contributed by atoms with Crippen molar-refractivity contribution in [1.29, 1.82) is 0 Å². The molecule has 5 nitrogen and oxygen atoms in total. The van der Waals surface area contributed by atoms with Crippen LogP contribution < -0.4 is 9.46 Å². The van der Waals surface area contributed by atoms with Crippen molar-refractivity contribution in [3.63, 3.8) is 0 Å². The average molecular weight is 312 g/mol. The molecule has 0 saturated heterocycles. The minimum absolute atomic E-state index is 0.472. The quantitative estimate of drug-likeness (QED) is 0.670. The molecule has 6 heteroatoms. The van der Waals surface area contributed by atoms with Crippen LogP contribution in [0, 0.1) is 0 Å². The van der Waals surface area contributed by atoms with Gasteiger partial charge in [-0.1, -0.05) is 36.4 Å². The fourth-order valence-electron chi connectivity index (χ4n) is 2.02. The molecular weight excluding hydrogens is 296 g/mol. The Morgan fingerprint density at radius 2 is 2.14 bits per heavy atom. The molecule has 0 aliphatic rings. The normalized spacial score (nSPS) is 11.1. The van der Waals surface area contributed by atoms with Crippen LogP contribution in [0.25, 0.3) is 11.0 Å². The number of hydrogen-bond donors (Lipinski definition) is 2. The van der Waals surface area contributed by atoms with Crippen LogP contribution in [0.1, 0.15) is 12.5 Å². The Balaban J connectivity index is 1.83. The minimum atomic E-state index is 0.472. The first kappa shape index (κ1) is 14.5. The Morgan fingerprint density at radius 1 is 1.27 bits per heavy atom. The fraction of sp³-hybridized carbons (Fsp3) is 0.125. The van der Waals surface area contributed by atoms with E-state index in [1.807, 2.05) is 54.9 Å². The number of ether oxygens (including phenoxy) is 1. The number of benzene rings is 1. The maximum Gasteiger partial charge on any atom is 0.228 e. The number of nitrogens with zero attached hydrogens (tertiary/aromatic N) is 2. The zero-order valence-electron chi connectivity index (χ0n) is 12.1. The number of aromatic nitrogens is 3. The number of anilines is 1. The van der Waals surface area contributed by atoms with Gasteiger partial charge in [0.25, 0.3) is 0 Å². The Bertz CT molecular complexity index is 770. The number of rotatable bonds is 6. The molecular formula is C16H16N4OS. The van der Waals surface area contributed by atoms with E-state index in [4.69, 9.17) is 4.74 Å². The molecule has 0 bridgehead atoms. The van der Waals surface area contributed by atoms with Crippen LogP contribution in [0.2, 0.25) is 0 Å². The van der Waals surface area contributed by atoms with Crippen molar-refractivity contribution in [1.82, 2.24) is 15.0 Å². The molecule has 0 amide bonds. The van der Waals surface area contributed by atoms with E-state index >= 15 is 0 Å². The molecule has 3 aromatic rings. The zero-order chi connectivity index (χ0) is 15.2. The van der Waals surface area contributed by atoms with Gasteiger partial charge >= 0.3 is 0 Å². The Hall–Kier alpha value is -2.47. The summed E-state index contributed by atoms with van der Waals surface area (Å²) in [7, 11) is 0. The van der Waals surface area contributed by atoms with Gasteiger partial charge in [0.1, 0.15) is 24.0 Å². The zero-order valence-corrected chi connectivity index (χ0v) is 12.9. The number of aromatic amines is 1. The van der Waals surface area contributed by atoms with Crippen LogP contribution in [-0.4, -0.2) is 15.0 Å². The summed E-state index contributed by atoms with van der Waals surface area (Å²) in [6, 6.07) is 10.0. The summed E-state index contributed by atoms with van der Waals surface area (Å²) < 4.78 is 9.12. The number of allylic oxidation sites excluding steroid dienone is 1. The second-order valence-electron chi connectivity index (χ2n) is 4.57. The standard InChI is InChI=1S/C16H16N4OS/c1-2-8-22-20-13-9-17-15-14(13)16(19-11-18-15)21-10-12-6-4-3-5-7-12/h2-9,11,20H,10H2,1H3,(H,17,18,19). The van der Waals surface area contributed by atoms with Gasteiger partial charge in [-0.3, -0.25) is 0 Å². The van der Waals surface area contributed by atoms with Crippen LogP contribution in [0.4, 0.5) is 5.69 Å². The molecule has 0 atom stereocenters. The second-order valence-corrected chi connectivity index (χ2v) is 5.28. The smallest absolute Gasteiger partial charge is 0.228 e. The lowest BCUT2D eigenvalue weighted by Crippen LogP contribution is -1.98. The van der Waals surface area contributed by atoms with Gasteiger partial charge in [0.2, 0.25) is 5.88 Å². The van der Waals surface area contributed by atoms with Gasteiger partial charge in [0.15, 0.2) is 0 Å². The number of fused-ring (bicyclic) bond motifs is 1. The molecule has 0 saturated carbocycles. The third-order valence-electron chi connectivity index (χ3n) is 3.03. The van der Waals surface area contributed by atoms with Gasteiger partial charge in [-0.25, -0.2) is 9.97 Å². The minimum Gasteiger partial charge on any atom is -0.472 e. The summed E-state index contributed by atoms with van der Waals surface area (Å²) in [6.45, 7) is 2.45. The van der Waals surface area contributed by atoms with Gasteiger partial charge < -0.3 is 14.4 Å². The average Bonchev–Trinajstić information content (AvgIpc) is 2.98. The highest BCUT2D eigenvalue weighted by molar-refractivity contribution is 8.03. The SMILES string of the molecule is CC=CSNc1c[nH]c2ncnc(OCc3ccccc3)c12. The third kappa shape index (κ3) is 3.23. The van der Waals surface area contributed by atoms with Gasteiger partial charge in [0.05, 0.1) is 5.69 Å². The first-order valence-corrected chi connectivity index (χ1v) is 7.78. The predicted octanol–water partition coefficient (Wildman–Crippen LogP) is 4.13. The summed E-state index contributed by atoms with van der Waals surface area (Å²) in [6.07, 6.45) is 5.34. The highest BCUT2D eigenvalue weighted by atomic mass is 32.2. The highest BCUT2D eigenvalue weighted by Gasteiger charge is 2.12. The summed E-state index contributed by atoms with van der Waals surface area (Å²) in [5.41, 5.74) is 2.76. The van der Waals surface area contributed by atoms with Crippen molar-refractivity contribution in [2.24, 2.45) is 0 Å². The summed E-state index contributed by atoms with van der Waals surface area (Å²) in [5, 5.41) is 2.82. The molecule has 0 spiro atoms. The molecule has 0 aliphatic heterocycles. The van der Waals surface area contributed by atoms with E-state index in [0.717, 1.165) is 22.3 Å².